The summed E-state index contributed by atoms with van der Waals surface area (Å²) in [6, 6.07) is 4.18. The van der Waals surface area contributed by atoms with E-state index in [0.717, 1.165) is 36.0 Å². The van der Waals surface area contributed by atoms with E-state index in [0.29, 0.717) is 17.7 Å². The molecule has 1 heterocycles. The van der Waals surface area contributed by atoms with Crippen LogP contribution < -0.4 is 4.74 Å². The predicted octanol–water partition coefficient (Wildman–Crippen LogP) is 4.75. The molecule has 0 amide bonds. The third kappa shape index (κ3) is 2.55. The molecule has 130 valence electrons. The van der Waals surface area contributed by atoms with Crippen molar-refractivity contribution in [1.29, 1.82) is 0 Å². The van der Waals surface area contributed by atoms with E-state index >= 15 is 0 Å². The number of aryl methyl sites for hydroxylation is 1. The van der Waals surface area contributed by atoms with Crippen molar-refractivity contribution in [2.45, 2.75) is 64.1 Å². The zero-order valence-corrected chi connectivity index (χ0v) is 14.9. The second-order valence-corrected chi connectivity index (χ2v) is 7.63. The van der Waals surface area contributed by atoms with Gasteiger partial charge in [-0.3, -0.25) is 0 Å². The predicted molar refractivity (Wildman–Crippen MR) is 97.4 cm³/mol. The standard InChI is InChI=1S/C21H28O3/c1-6-7-14-8-9-16-18-15(12(2)3)10-11-21(5,23)20(18)24-19(16)17(14)13(4)22/h8-9,15,18,20,22-23H,2,4,6-7,10-11H2,1,3,5H3/t15-,18+,20-,21-/m0/s1. The van der Waals surface area contributed by atoms with Crippen LogP contribution in [0.3, 0.4) is 0 Å². The fourth-order valence-corrected chi connectivity index (χ4v) is 4.45. The lowest BCUT2D eigenvalue weighted by Crippen LogP contribution is -2.50. The van der Waals surface area contributed by atoms with Gasteiger partial charge < -0.3 is 14.9 Å². The summed E-state index contributed by atoms with van der Waals surface area (Å²) in [5, 5.41) is 21.1. The van der Waals surface area contributed by atoms with Gasteiger partial charge in [-0.2, -0.15) is 0 Å². The Bertz CT molecular complexity index is 687. The largest absolute Gasteiger partial charge is 0.508 e. The topological polar surface area (TPSA) is 49.7 Å². The van der Waals surface area contributed by atoms with E-state index in [1.807, 2.05) is 6.92 Å². The van der Waals surface area contributed by atoms with E-state index in [2.05, 4.69) is 39.1 Å². The van der Waals surface area contributed by atoms with Gasteiger partial charge in [0.15, 0.2) is 0 Å². The molecule has 0 radical (unpaired) electrons. The molecule has 1 fully saturated rings. The second-order valence-electron chi connectivity index (χ2n) is 7.63. The lowest BCUT2D eigenvalue weighted by atomic mass is 9.66. The number of allylic oxidation sites excluding steroid dienone is 1. The molecule has 0 unspecified atom stereocenters. The Morgan fingerprint density at radius 3 is 2.67 bits per heavy atom. The molecule has 3 nitrogen and oxygen atoms in total. The van der Waals surface area contributed by atoms with Crippen LogP contribution in [0.25, 0.3) is 5.76 Å². The van der Waals surface area contributed by atoms with Crippen LogP contribution in [0.1, 0.15) is 62.6 Å². The monoisotopic (exact) mass is 328 g/mol. The van der Waals surface area contributed by atoms with Crippen molar-refractivity contribution in [3.8, 4) is 5.75 Å². The molecule has 3 rings (SSSR count). The van der Waals surface area contributed by atoms with Gasteiger partial charge in [-0.05, 0) is 44.6 Å². The number of fused-ring (bicyclic) bond motifs is 3. The van der Waals surface area contributed by atoms with Crippen LogP contribution >= 0.6 is 0 Å². The highest BCUT2D eigenvalue weighted by molar-refractivity contribution is 5.70. The molecule has 1 aromatic rings. The van der Waals surface area contributed by atoms with Gasteiger partial charge in [0, 0.05) is 11.5 Å². The first-order valence-corrected chi connectivity index (χ1v) is 8.86. The SMILES string of the molecule is C=C(O)c1c(CCC)ccc2c1O[C@H]1[C@@H]2[C@H](C(=C)C)CC[C@]1(C)O. The summed E-state index contributed by atoms with van der Waals surface area (Å²) in [6.45, 7) is 13.9. The van der Waals surface area contributed by atoms with E-state index in [4.69, 9.17) is 4.74 Å². The maximum atomic E-state index is 10.9. The molecular formula is C21H28O3. The van der Waals surface area contributed by atoms with Gasteiger partial charge in [0.05, 0.1) is 11.2 Å². The first-order chi connectivity index (χ1) is 11.3. The maximum absolute atomic E-state index is 10.9. The van der Waals surface area contributed by atoms with Crippen molar-refractivity contribution in [1.82, 2.24) is 0 Å². The quantitative estimate of drug-likeness (QED) is 0.619. The Morgan fingerprint density at radius 2 is 2.08 bits per heavy atom. The number of aliphatic hydroxyl groups is 2. The normalized spacial score (nSPS) is 31.1. The highest BCUT2D eigenvalue weighted by Crippen LogP contribution is 2.55. The molecule has 4 atom stereocenters. The molecule has 1 aliphatic heterocycles. The van der Waals surface area contributed by atoms with Gasteiger partial charge in [-0.1, -0.05) is 44.2 Å². The summed E-state index contributed by atoms with van der Waals surface area (Å²) in [7, 11) is 0. The van der Waals surface area contributed by atoms with Gasteiger partial charge in [0.2, 0.25) is 0 Å². The third-order valence-electron chi connectivity index (χ3n) is 5.65. The fourth-order valence-electron chi connectivity index (χ4n) is 4.45. The van der Waals surface area contributed by atoms with Crippen molar-refractivity contribution >= 4 is 5.76 Å². The van der Waals surface area contributed by atoms with Gasteiger partial charge in [0.1, 0.15) is 17.6 Å². The van der Waals surface area contributed by atoms with Gasteiger partial charge in [-0.25, -0.2) is 0 Å². The van der Waals surface area contributed by atoms with E-state index in [1.54, 1.807) is 0 Å². The van der Waals surface area contributed by atoms with Crippen LogP contribution in [0.2, 0.25) is 0 Å². The Labute approximate surface area is 144 Å². The third-order valence-corrected chi connectivity index (χ3v) is 5.65. The van der Waals surface area contributed by atoms with Crippen LogP contribution in [0.4, 0.5) is 0 Å². The summed E-state index contributed by atoms with van der Waals surface area (Å²) in [4.78, 5) is 0. The Balaban J connectivity index is 2.16. The average Bonchev–Trinajstić information content (AvgIpc) is 2.87. The molecule has 1 saturated carbocycles. The molecule has 2 N–H and O–H groups in total. The first kappa shape index (κ1) is 17.1. The molecular weight excluding hydrogens is 300 g/mol. The summed E-state index contributed by atoms with van der Waals surface area (Å²) >= 11 is 0. The van der Waals surface area contributed by atoms with E-state index in [-0.39, 0.29) is 23.7 Å². The Morgan fingerprint density at radius 1 is 1.38 bits per heavy atom. The molecule has 0 spiro atoms. The first-order valence-electron chi connectivity index (χ1n) is 8.86. The molecule has 1 aliphatic carbocycles. The lowest BCUT2D eigenvalue weighted by Gasteiger charge is -2.42. The molecule has 0 bridgehead atoms. The van der Waals surface area contributed by atoms with Crippen LogP contribution in [-0.4, -0.2) is 21.9 Å². The van der Waals surface area contributed by atoms with Crippen LogP contribution in [-0.2, 0) is 6.42 Å². The minimum Gasteiger partial charge on any atom is -0.508 e. The maximum Gasteiger partial charge on any atom is 0.135 e. The molecule has 0 saturated heterocycles. The summed E-state index contributed by atoms with van der Waals surface area (Å²) in [6.07, 6.45) is 3.13. The van der Waals surface area contributed by atoms with Crippen LogP contribution in [0.5, 0.6) is 5.75 Å². The lowest BCUT2D eigenvalue weighted by molar-refractivity contribution is -0.0824. The molecule has 24 heavy (non-hydrogen) atoms. The molecule has 2 aliphatic rings. The summed E-state index contributed by atoms with van der Waals surface area (Å²) in [5.74, 6) is 1.11. The highest BCUT2D eigenvalue weighted by atomic mass is 16.5. The summed E-state index contributed by atoms with van der Waals surface area (Å²) in [5.41, 5.74) is 3.07. The number of benzene rings is 1. The van der Waals surface area contributed by atoms with Crippen molar-refractivity contribution in [3.63, 3.8) is 0 Å². The number of ether oxygens (including phenoxy) is 1. The molecule has 0 aromatic heterocycles. The number of aliphatic hydroxyl groups excluding tert-OH is 1. The Kier molecular flexibility index (Phi) is 4.25. The number of rotatable bonds is 4. The van der Waals surface area contributed by atoms with Crippen molar-refractivity contribution in [2.24, 2.45) is 5.92 Å². The average molecular weight is 328 g/mol. The number of hydrogen-bond donors (Lipinski definition) is 2. The second kappa shape index (κ2) is 5.96. The van der Waals surface area contributed by atoms with Crippen LogP contribution in [0.15, 0.2) is 30.9 Å². The minimum absolute atomic E-state index is 0.0421. The molecule has 1 aromatic carbocycles. The highest BCUT2D eigenvalue weighted by Gasteiger charge is 2.53. The van der Waals surface area contributed by atoms with Crippen molar-refractivity contribution < 1.29 is 14.9 Å². The van der Waals surface area contributed by atoms with Gasteiger partial charge in [-0.15, -0.1) is 0 Å². The zero-order chi connectivity index (χ0) is 17.6. The van der Waals surface area contributed by atoms with E-state index < -0.39 is 5.60 Å². The van der Waals surface area contributed by atoms with E-state index in [9.17, 15) is 10.2 Å². The fraction of sp³-hybridized carbons (Fsp3) is 0.524. The minimum atomic E-state index is -0.880. The van der Waals surface area contributed by atoms with E-state index in [1.165, 1.54) is 0 Å². The van der Waals surface area contributed by atoms with Crippen molar-refractivity contribution in [2.75, 3.05) is 0 Å². The van der Waals surface area contributed by atoms with Gasteiger partial charge >= 0.3 is 0 Å². The van der Waals surface area contributed by atoms with Crippen LogP contribution in [0, 0.1) is 5.92 Å². The van der Waals surface area contributed by atoms with Crippen molar-refractivity contribution in [3.05, 3.63) is 47.6 Å². The zero-order valence-electron chi connectivity index (χ0n) is 14.9. The van der Waals surface area contributed by atoms with Gasteiger partial charge in [0.25, 0.3) is 0 Å². The number of hydrogen-bond acceptors (Lipinski definition) is 3. The Hall–Kier alpha value is -1.74. The summed E-state index contributed by atoms with van der Waals surface area (Å²) < 4.78 is 6.27. The smallest absolute Gasteiger partial charge is 0.135 e. The molecule has 3 heteroatoms.